The minimum absolute atomic E-state index is 0.0533. The lowest BCUT2D eigenvalue weighted by molar-refractivity contribution is -0.137. The molecule has 2 rings (SSSR count). The van der Waals surface area contributed by atoms with Crippen molar-refractivity contribution in [1.29, 1.82) is 0 Å². The van der Waals surface area contributed by atoms with Crippen LogP contribution in [0.4, 0.5) is 18.9 Å². The number of anilines is 1. The van der Waals surface area contributed by atoms with Crippen molar-refractivity contribution in [2.45, 2.75) is 19.3 Å². The smallest absolute Gasteiger partial charge is 0.380 e. The van der Waals surface area contributed by atoms with Crippen molar-refractivity contribution in [3.8, 4) is 0 Å². The minimum Gasteiger partial charge on any atom is -0.380 e. The molecule has 0 bridgehead atoms. The quantitative estimate of drug-likeness (QED) is 0.841. The van der Waals surface area contributed by atoms with E-state index in [1.165, 1.54) is 6.07 Å². The SMILES string of the molecule is NCc1ccccc1CNc1ccc(Br)cc1C(F)(F)F. The van der Waals surface area contributed by atoms with Crippen LogP contribution in [0.1, 0.15) is 16.7 Å². The van der Waals surface area contributed by atoms with Gasteiger partial charge in [-0.25, -0.2) is 0 Å². The summed E-state index contributed by atoms with van der Waals surface area (Å²) in [7, 11) is 0. The first kappa shape index (κ1) is 15.9. The van der Waals surface area contributed by atoms with Crippen LogP contribution in [0.5, 0.6) is 0 Å². The van der Waals surface area contributed by atoms with Gasteiger partial charge < -0.3 is 11.1 Å². The van der Waals surface area contributed by atoms with Gasteiger partial charge in [0, 0.05) is 23.2 Å². The first-order valence-electron chi connectivity index (χ1n) is 6.29. The number of hydrogen-bond donors (Lipinski definition) is 2. The van der Waals surface area contributed by atoms with E-state index in [4.69, 9.17) is 5.73 Å². The molecule has 0 fully saturated rings. The molecule has 3 N–H and O–H groups in total. The highest BCUT2D eigenvalue weighted by Crippen LogP contribution is 2.36. The third kappa shape index (κ3) is 3.98. The van der Waals surface area contributed by atoms with Crippen molar-refractivity contribution in [2.75, 3.05) is 5.32 Å². The van der Waals surface area contributed by atoms with Crippen LogP contribution in [-0.2, 0) is 19.3 Å². The molecule has 0 unspecified atom stereocenters. The highest BCUT2D eigenvalue weighted by Gasteiger charge is 2.33. The summed E-state index contributed by atoms with van der Waals surface area (Å²) in [6, 6.07) is 11.5. The summed E-state index contributed by atoms with van der Waals surface area (Å²) >= 11 is 3.06. The van der Waals surface area contributed by atoms with E-state index in [2.05, 4.69) is 21.2 Å². The first-order valence-corrected chi connectivity index (χ1v) is 7.08. The summed E-state index contributed by atoms with van der Waals surface area (Å²) in [6.45, 7) is 0.641. The molecule has 0 aliphatic carbocycles. The number of hydrogen-bond acceptors (Lipinski definition) is 2. The molecule has 0 amide bonds. The Bertz CT molecular complexity index is 627. The molecule has 0 aromatic heterocycles. The van der Waals surface area contributed by atoms with Gasteiger partial charge in [0.1, 0.15) is 0 Å². The van der Waals surface area contributed by atoms with Crippen molar-refractivity contribution >= 4 is 21.6 Å². The Morgan fingerprint density at radius 1 is 1.05 bits per heavy atom. The highest BCUT2D eigenvalue weighted by atomic mass is 79.9. The molecule has 0 aliphatic rings. The molecule has 2 nitrogen and oxygen atoms in total. The van der Waals surface area contributed by atoms with Crippen LogP contribution >= 0.6 is 15.9 Å². The molecule has 0 heterocycles. The zero-order valence-corrected chi connectivity index (χ0v) is 12.6. The second kappa shape index (κ2) is 6.49. The van der Waals surface area contributed by atoms with E-state index in [-0.39, 0.29) is 12.2 Å². The maximum absolute atomic E-state index is 13.0. The van der Waals surface area contributed by atoms with Gasteiger partial charge in [-0.15, -0.1) is 0 Å². The van der Waals surface area contributed by atoms with E-state index in [0.717, 1.165) is 17.2 Å². The van der Waals surface area contributed by atoms with E-state index in [9.17, 15) is 13.2 Å². The van der Waals surface area contributed by atoms with Gasteiger partial charge in [-0.3, -0.25) is 0 Å². The van der Waals surface area contributed by atoms with Crippen molar-refractivity contribution in [3.05, 3.63) is 63.6 Å². The van der Waals surface area contributed by atoms with Crippen molar-refractivity contribution < 1.29 is 13.2 Å². The summed E-state index contributed by atoms with van der Waals surface area (Å²) in [5.41, 5.74) is 6.78. The van der Waals surface area contributed by atoms with E-state index in [0.29, 0.717) is 11.0 Å². The molecular weight excluding hydrogens is 345 g/mol. The van der Waals surface area contributed by atoms with Crippen LogP contribution in [0.15, 0.2) is 46.9 Å². The lowest BCUT2D eigenvalue weighted by atomic mass is 10.1. The normalized spacial score (nSPS) is 11.5. The Morgan fingerprint density at radius 3 is 2.33 bits per heavy atom. The van der Waals surface area contributed by atoms with Crippen LogP contribution in [0.25, 0.3) is 0 Å². The predicted molar refractivity (Wildman–Crippen MR) is 80.8 cm³/mol. The van der Waals surface area contributed by atoms with Gasteiger partial charge >= 0.3 is 6.18 Å². The summed E-state index contributed by atoms with van der Waals surface area (Å²) in [5, 5.41) is 2.84. The summed E-state index contributed by atoms with van der Waals surface area (Å²) in [5.74, 6) is 0. The van der Waals surface area contributed by atoms with Gasteiger partial charge in [0.2, 0.25) is 0 Å². The number of nitrogens with one attached hydrogen (secondary N) is 1. The molecule has 0 spiro atoms. The second-order valence-electron chi connectivity index (χ2n) is 4.51. The summed E-state index contributed by atoms with van der Waals surface area (Å²) in [4.78, 5) is 0. The summed E-state index contributed by atoms with van der Waals surface area (Å²) < 4.78 is 39.4. The molecule has 21 heavy (non-hydrogen) atoms. The van der Waals surface area contributed by atoms with E-state index < -0.39 is 11.7 Å². The third-order valence-electron chi connectivity index (χ3n) is 3.09. The van der Waals surface area contributed by atoms with Crippen LogP contribution in [-0.4, -0.2) is 0 Å². The minimum atomic E-state index is -4.40. The summed E-state index contributed by atoms with van der Waals surface area (Å²) in [6.07, 6.45) is -4.40. The topological polar surface area (TPSA) is 38.0 Å². The fourth-order valence-electron chi connectivity index (χ4n) is 2.02. The van der Waals surface area contributed by atoms with Crippen LogP contribution in [0, 0.1) is 0 Å². The Labute approximate surface area is 129 Å². The fraction of sp³-hybridized carbons (Fsp3) is 0.200. The van der Waals surface area contributed by atoms with E-state index >= 15 is 0 Å². The molecular formula is C15H14BrF3N2. The number of halogens is 4. The van der Waals surface area contributed by atoms with Crippen LogP contribution in [0.3, 0.4) is 0 Å². The van der Waals surface area contributed by atoms with Gasteiger partial charge in [0.15, 0.2) is 0 Å². The van der Waals surface area contributed by atoms with Gasteiger partial charge in [0.05, 0.1) is 5.56 Å². The maximum atomic E-state index is 13.0. The Kier molecular flexibility index (Phi) is 4.90. The number of nitrogens with two attached hydrogens (primary N) is 1. The largest absolute Gasteiger partial charge is 0.418 e. The second-order valence-corrected chi connectivity index (χ2v) is 5.43. The van der Waals surface area contributed by atoms with Gasteiger partial charge in [-0.2, -0.15) is 13.2 Å². The van der Waals surface area contributed by atoms with Gasteiger partial charge in [-0.05, 0) is 29.3 Å². The zero-order chi connectivity index (χ0) is 15.5. The first-order chi connectivity index (χ1) is 9.91. The molecule has 0 radical (unpaired) electrons. The highest BCUT2D eigenvalue weighted by molar-refractivity contribution is 9.10. The monoisotopic (exact) mass is 358 g/mol. The lowest BCUT2D eigenvalue weighted by Gasteiger charge is -2.16. The zero-order valence-electron chi connectivity index (χ0n) is 11.0. The van der Waals surface area contributed by atoms with Crippen LogP contribution < -0.4 is 11.1 Å². The van der Waals surface area contributed by atoms with Crippen molar-refractivity contribution in [3.63, 3.8) is 0 Å². The number of benzene rings is 2. The van der Waals surface area contributed by atoms with E-state index in [1.54, 1.807) is 6.07 Å². The Balaban J connectivity index is 2.24. The Hall–Kier alpha value is -1.53. The van der Waals surface area contributed by atoms with Gasteiger partial charge in [-0.1, -0.05) is 40.2 Å². The molecule has 0 saturated carbocycles. The van der Waals surface area contributed by atoms with Crippen molar-refractivity contribution in [1.82, 2.24) is 0 Å². The molecule has 112 valence electrons. The molecule has 2 aromatic carbocycles. The predicted octanol–water partition coefficient (Wildman–Crippen LogP) is 4.54. The molecule has 2 aromatic rings. The molecule has 0 atom stereocenters. The average molecular weight is 359 g/mol. The van der Waals surface area contributed by atoms with Gasteiger partial charge in [0.25, 0.3) is 0 Å². The molecule has 0 aliphatic heterocycles. The number of rotatable bonds is 4. The maximum Gasteiger partial charge on any atom is 0.418 e. The van der Waals surface area contributed by atoms with Crippen molar-refractivity contribution in [2.24, 2.45) is 5.73 Å². The van der Waals surface area contributed by atoms with Crippen LogP contribution in [0.2, 0.25) is 0 Å². The fourth-order valence-corrected chi connectivity index (χ4v) is 2.39. The number of alkyl halides is 3. The molecule has 0 saturated heterocycles. The average Bonchev–Trinajstić information content (AvgIpc) is 2.45. The Morgan fingerprint density at radius 2 is 1.71 bits per heavy atom. The lowest BCUT2D eigenvalue weighted by Crippen LogP contribution is -2.12. The molecule has 6 heteroatoms. The standard InChI is InChI=1S/C15H14BrF3N2/c16-12-5-6-14(13(7-12)15(17,18)19)21-9-11-4-2-1-3-10(11)8-20/h1-7,21H,8-9,20H2. The third-order valence-corrected chi connectivity index (χ3v) is 3.59. The van der Waals surface area contributed by atoms with E-state index in [1.807, 2.05) is 24.3 Å².